The number of carbonyl (C=O) groups excluding carboxylic acids is 3. The van der Waals surface area contributed by atoms with E-state index in [1.165, 1.54) is 6.20 Å². The van der Waals surface area contributed by atoms with Gasteiger partial charge in [-0.2, -0.15) is 18.3 Å². The molecule has 48 heavy (non-hydrogen) atoms. The SMILES string of the molecule is CC(C)(C)OC(=O)N1CCC(n2cc(-c3cnc(N)c(C(=O)O[C@@H](C(=O)Nc4ccc(C(F)(F)F)cc4)c4ccccc4)n3)cn2)CC1. The first-order valence-corrected chi connectivity index (χ1v) is 15.1. The molecule has 0 saturated carbocycles. The van der Waals surface area contributed by atoms with E-state index in [0.717, 1.165) is 24.3 Å². The van der Waals surface area contributed by atoms with Crippen molar-refractivity contribution >= 4 is 29.5 Å². The molecule has 12 nitrogen and oxygen atoms in total. The first-order valence-electron chi connectivity index (χ1n) is 15.1. The maximum atomic E-state index is 13.4. The van der Waals surface area contributed by atoms with Gasteiger partial charge in [0.25, 0.3) is 5.91 Å². The molecule has 1 fully saturated rings. The normalized spacial score (nSPS) is 14.7. The monoisotopic (exact) mass is 665 g/mol. The highest BCUT2D eigenvalue weighted by Crippen LogP contribution is 2.31. The van der Waals surface area contributed by atoms with E-state index in [4.69, 9.17) is 15.2 Å². The summed E-state index contributed by atoms with van der Waals surface area (Å²) in [4.78, 5) is 49.3. The Hall–Kier alpha value is -5.47. The van der Waals surface area contributed by atoms with E-state index in [1.807, 2.05) is 20.8 Å². The van der Waals surface area contributed by atoms with Crippen molar-refractivity contribution in [3.8, 4) is 11.3 Å². The van der Waals surface area contributed by atoms with Crippen LogP contribution < -0.4 is 11.1 Å². The number of amides is 2. The lowest BCUT2D eigenvalue weighted by Gasteiger charge is -2.33. The summed E-state index contributed by atoms with van der Waals surface area (Å²) >= 11 is 0. The highest BCUT2D eigenvalue weighted by Gasteiger charge is 2.32. The van der Waals surface area contributed by atoms with Crippen molar-refractivity contribution in [1.82, 2.24) is 24.6 Å². The second-order valence-electron chi connectivity index (χ2n) is 12.2. The maximum absolute atomic E-state index is 13.4. The van der Waals surface area contributed by atoms with Gasteiger partial charge in [-0.3, -0.25) is 9.48 Å². The van der Waals surface area contributed by atoms with Crippen LogP contribution >= 0.6 is 0 Å². The van der Waals surface area contributed by atoms with Crippen LogP contribution in [0.2, 0.25) is 0 Å². The van der Waals surface area contributed by atoms with E-state index in [1.54, 1.807) is 52.3 Å². The predicted molar refractivity (Wildman–Crippen MR) is 168 cm³/mol. The van der Waals surface area contributed by atoms with Crippen LogP contribution in [0.1, 0.15) is 67.4 Å². The van der Waals surface area contributed by atoms with Gasteiger partial charge >= 0.3 is 18.2 Å². The zero-order valence-corrected chi connectivity index (χ0v) is 26.4. The summed E-state index contributed by atoms with van der Waals surface area (Å²) in [5, 5.41) is 6.95. The molecule has 2 aromatic carbocycles. The van der Waals surface area contributed by atoms with E-state index in [9.17, 15) is 27.6 Å². The second-order valence-corrected chi connectivity index (χ2v) is 12.2. The first-order chi connectivity index (χ1) is 22.7. The van der Waals surface area contributed by atoms with Crippen LogP contribution in [0.25, 0.3) is 11.3 Å². The molecule has 0 unspecified atom stereocenters. The van der Waals surface area contributed by atoms with Crippen LogP contribution in [0, 0.1) is 0 Å². The molecule has 1 aliphatic rings. The summed E-state index contributed by atoms with van der Waals surface area (Å²) in [6.07, 6.45) is -0.385. The molecule has 0 spiro atoms. The number of nitrogens with one attached hydrogen (secondary N) is 1. The number of alkyl halides is 3. The average molecular weight is 666 g/mol. The number of esters is 1. The number of likely N-dealkylation sites (tertiary alicyclic amines) is 1. The highest BCUT2D eigenvalue weighted by molar-refractivity contribution is 5.99. The van der Waals surface area contributed by atoms with Crippen LogP contribution in [-0.2, 0) is 20.4 Å². The molecule has 3 N–H and O–H groups in total. The molecule has 1 atom stereocenters. The number of hydrogen-bond acceptors (Lipinski definition) is 9. The van der Waals surface area contributed by atoms with Crippen molar-refractivity contribution in [1.29, 1.82) is 0 Å². The minimum Gasteiger partial charge on any atom is -0.444 e. The molecule has 5 rings (SSSR count). The molecule has 0 bridgehead atoms. The zero-order valence-electron chi connectivity index (χ0n) is 26.4. The van der Waals surface area contributed by atoms with Gasteiger partial charge in [0.05, 0.1) is 29.7 Å². The van der Waals surface area contributed by atoms with Gasteiger partial charge in [0.1, 0.15) is 5.60 Å². The molecule has 2 aromatic heterocycles. The second kappa shape index (κ2) is 13.7. The molecule has 1 saturated heterocycles. The number of ether oxygens (including phenoxy) is 2. The van der Waals surface area contributed by atoms with Crippen molar-refractivity contribution in [3.63, 3.8) is 0 Å². The Morgan fingerprint density at radius 1 is 0.979 bits per heavy atom. The number of carbonyl (C=O) groups is 3. The average Bonchev–Trinajstić information content (AvgIpc) is 3.54. The van der Waals surface area contributed by atoms with E-state index in [0.29, 0.717) is 37.1 Å². The van der Waals surface area contributed by atoms with Crippen molar-refractivity contribution in [2.75, 3.05) is 24.1 Å². The zero-order chi connectivity index (χ0) is 34.6. The third-order valence-corrected chi connectivity index (χ3v) is 7.43. The van der Waals surface area contributed by atoms with E-state index in [-0.39, 0.29) is 35.0 Å². The highest BCUT2D eigenvalue weighted by atomic mass is 19.4. The molecular weight excluding hydrogens is 631 g/mol. The van der Waals surface area contributed by atoms with Gasteiger partial charge in [0.15, 0.2) is 11.5 Å². The van der Waals surface area contributed by atoms with E-state index >= 15 is 0 Å². The van der Waals surface area contributed by atoms with Crippen LogP contribution in [0.5, 0.6) is 0 Å². The van der Waals surface area contributed by atoms with Gasteiger partial charge in [0, 0.05) is 36.1 Å². The van der Waals surface area contributed by atoms with Gasteiger partial charge in [-0.25, -0.2) is 19.6 Å². The standard InChI is InChI=1S/C33H34F3N7O5/c1-32(2,3)48-31(46)42-15-13-24(14-16-42)43-19-21(17-39-43)25-18-38-28(37)26(41-25)30(45)47-27(20-7-5-4-6-8-20)29(44)40-23-11-9-22(10-12-23)33(34,35)36/h4-12,17-19,24,27H,13-16H2,1-3H3,(H2,37,38)(H,40,44)/t27-/m1/s1. The van der Waals surface area contributed by atoms with Crippen molar-refractivity contribution in [2.45, 2.75) is 57.5 Å². The maximum Gasteiger partial charge on any atom is 0.416 e. The number of aromatic nitrogens is 4. The number of benzene rings is 2. The van der Waals surface area contributed by atoms with Gasteiger partial charge in [0.2, 0.25) is 6.10 Å². The summed E-state index contributed by atoms with van der Waals surface area (Å²) in [5.74, 6) is -2.09. The Kier molecular flexibility index (Phi) is 9.68. The van der Waals surface area contributed by atoms with Crippen LogP contribution in [0.15, 0.2) is 73.2 Å². The number of halogens is 3. The van der Waals surface area contributed by atoms with E-state index in [2.05, 4.69) is 20.4 Å². The fourth-order valence-electron chi connectivity index (χ4n) is 5.01. The van der Waals surface area contributed by atoms with Crippen LogP contribution in [0.4, 0.5) is 29.5 Å². The summed E-state index contributed by atoms with van der Waals surface area (Å²) in [6.45, 7) is 6.46. The molecule has 4 aromatic rings. The van der Waals surface area contributed by atoms with Gasteiger partial charge < -0.3 is 25.4 Å². The van der Waals surface area contributed by atoms with Crippen LogP contribution in [0.3, 0.4) is 0 Å². The Morgan fingerprint density at radius 2 is 1.65 bits per heavy atom. The lowest BCUT2D eigenvalue weighted by atomic mass is 10.1. The molecule has 252 valence electrons. The van der Waals surface area contributed by atoms with Crippen molar-refractivity contribution in [3.05, 3.63) is 90.0 Å². The number of hydrogen-bond donors (Lipinski definition) is 2. The van der Waals surface area contributed by atoms with E-state index < -0.39 is 35.3 Å². The molecule has 0 radical (unpaired) electrons. The Labute approximate surface area is 274 Å². The third kappa shape index (κ3) is 8.27. The van der Waals surface area contributed by atoms with Gasteiger partial charge in [-0.05, 0) is 57.9 Å². The Bertz CT molecular complexity index is 1760. The number of anilines is 2. The summed E-state index contributed by atoms with van der Waals surface area (Å²) < 4.78 is 51.8. The fourth-order valence-corrected chi connectivity index (χ4v) is 5.01. The molecule has 2 amide bonds. The molecular formula is C33H34F3N7O5. The number of nitrogens with zero attached hydrogens (tertiary/aromatic N) is 5. The fraction of sp³-hybridized carbons (Fsp3) is 0.333. The summed E-state index contributed by atoms with van der Waals surface area (Å²) in [5.41, 5.74) is 5.39. The lowest BCUT2D eigenvalue weighted by Crippen LogP contribution is -2.42. The largest absolute Gasteiger partial charge is 0.444 e. The number of piperidine rings is 1. The number of nitrogens with two attached hydrogens (primary N) is 1. The predicted octanol–water partition coefficient (Wildman–Crippen LogP) is 6.05. The molecule has 15 heteroatoms. The lowest BCUT2D eigenvalue weighted by molar-refractivity contribution is -0.137. The van der Waals surface area contributed by atoms with Crippen molar-refractivity contribution < 1.29 is 37.0 Å². The van der Waals surface area contributed by atoms with Crippen molar-refractivity contribution in [2.24, 2.45) is 0 Å². The molecule has 1 aliphatic heterocycles. The summed E-state index contributed by atoms with van der Waals surface area (Å²) in [7, 11) is 0. The van der Waals surface area contributed by atoms with Gasteiger partial charge in [-0.15, -0.1) is 0 Å². The topological polar surface area (TPSA) is 155 Å². The number of nitrogen functional groups attached to an aromatic ring is 1. The molecule has 3 heterocycles. The van der Waals surface area contributed by atoms with Crippen LogP contribution in [-0.4, -0.2) is 61.3 Å². The Morgan fingerprint density at radius 3 is 2.27 bits per heavy atom. The summed E-state index contributed by atoms with van der Waals surface area (Å²) in [6, 6.07) is 12.0. The third-order valence-electron chi connectivity index (χ3n) is 7.43. The quantitative estimate of drug-likeness (QED) is 0.225. The Balaban J connectivity index is 1.29. The molecule has 0 aliphatic carbocycles. The minimum absolute atomic E-state index is 0.0124. The minimum atomic E-state index is -4.54. The number of rotatable bonds is 7. The first kappa shape index (κ1) is 33.9. The smallest absolute Gasteiger partial charge is 0.416 e. The van der Waals surface area contributed by atoms with Gasteiger partial charge in [-0.1, -0.05) is 30.3 Å².